The third kappa shape index (κ3) is 15.8. The Labute approximate surface area is 508 Å². The zero-order valence-electron chi connectivity index (χ0n) is 64.6. The number of hydrogen-bond donors (Lipinski definition) is 0. The van der Waals surface area contributed by atoms with E-state index in [-0.39, 0.29) is 22.1 Å². The van der Waals surface area contributed by atoms with Crippen LogP contribution in [0.2, 0.25) is 0 Å². The molecule has 0 amide bonds. The fourth-order valence-corrected chi connectivity index (χ4v) is 10.6. The molecule has 0 saturated carbocycles. The van der Waals surface area contributed by atoms with E-state index in [1.165, 1.54) is 50.8 Å². The van der Waals surface area contributed by atoms with Crippen molar-refractivity contribution in [3.63, 3.8) is 0 Å². The highest BCUT2D eigenvalue weighted by Crippen LogP contribution is 2.36. The summed E-state index contributed by atoms with van der Waals surface area (Å²) in [6.07, 6.45) is 3.27. The Bertz CT molecular complexity index is 4200. The summed E-state index contributed by atoms with van der Waals surface area (Å²) in [5.74, 6) is 0. The van der Waals surface area contributed by atoms with Gasteiger partial charge in [0.05, 0.1) is 0 Å². The second-order valence-corrected chi connectivity index (χ2v) is 25.4. The predicted molar refractivity (Wildman–Crippen MR) is 348 cm³/mol. The van der Waals surface area contributed by atoms with Crippen molar-refractivity contribution < 1.29 is 31.5 Å². The summed E-state index contributed by atoms with van der Waals surface area (Å²) in [7, 11) is 5.79. The molecule has 9 rings (SSSR count). The van der Waals surface area contributed by atoms with Crippen molar-refractivity contribution in [1.29, 1.82) is 0 Å². The molecule has 0 aliphatic carbocycles. The Balaban J connectivity index is 0.000000201. The van der Waals surface area contributed by atoms with Gasteiger partial charge in [0.15, 0.2) is 18.6 Å². The molecule has 3 heterocycles. The van der Waals surface area contributed by atoms with Gasteiger partial charge in [-0.1, -0.05) is 172 Å². The lowest BCUT2D eigenvalue weighted by atomic mass is 9.86. The van der Waals surface area contributed by atoms with Crippen molar-refractivity contribution in [2.75, 3.05) is 0 Å². The van der Waals surface area contributed by atoms with Crippen LogP contribution in [0.1, 0.15) is 147 Å². The first kappa shape index (κ1) is 45.4. The highest BCUT2D eigenvalue weighted by molar-refractivity contribution is 5.78. The lowest BCUT2D eigenvalue weighted by Gasteiger charge is -2.20. The van der Waals surface area contributed by atoms with Gasteiger partial charge >= 0.3 is 0 Å². The molecule has 3 nitrogen and oxygen atoms in total. The summed E-state index contributed by atoms with van der Waals surface area (Å²) in [6, 6.07) is 47.4. The predicted octanol–water partition coefficient (Wildman–Crippen LogP) is 19.1. The van der Waals surface area contributed by atoms with Gasteiger partial charge in [0.2, 0.25) is 17.1 Å². The highest BCUT2D eigenvalue weighted by Gasteiger charge is 2.24. The van der Waals surface area contributed by atoms with Crippen molar-refractivity contribution in [2.45, 2.75) is 144 Å². The van der Waals surface area contributed by atoms with Crippen LogP contribution in [0.5, 0.6) is 0 Å². The van der Waals surface area contributed by atoms with Gasteiger partial charge in [-0.3, -0.25) is 0 Å². The minimum atomic E-state index is -2.50. The van der Waals surface area contributed by atoms with Crippen molar-refractivity contribution in [2.24, 2.45) is 37.4 Å². The SMILES string of the molecule is Cc1c[n+](C)c(-c2cc(-c3ccccc3)c(C)cc2C)cc1CC(C)(C)C.[2H]C([2H])([2H])c1cc(C)c(-c2cc(C([2H])([2H])C(C)(C)C)c(C([2H])([2H])[2H])c[n+]2C)cc1-c1ccccc1.[2H]C([2H])([2H])c1cc(C)c(-c2cc(C)c(C([2H])([2H])C(C)(C)C)c[n+]2C)cc1-c1ccccc1. The van der Waals surface area contributed by atoms with Gasteiger partial charge in [0.25, 0.3) is 0 Å². The van der Waals surface area contributed by atoms with E-state index in [9.17, 15) is 0 Å². The largest absolute Gasteiger partial charge is 0.212 e. The van der Waals surface area contributed by atoms with Crippen LogP contribution >= 0.6 is 0 Å². The van der Waals surface area contributed by atoms with Crippen molar-refractivity contribution in [3.8, 4) is 67.2 Å². The molecule has 6 aromatic carbocycles. The number of nitrogens with zero attached hydrogens (tertiary/aromatic N) is 3. The summed E-state index contributed by atoms with van der Waals surface area (Å²) >= 11 is 0. The first-order valence-electron chi connectivity index (χ1n) is 34.8. The van der Waals surface area contributed by atoms with Crippen LogP contribution < -0.4 is 13.7 Å². The Morgan fingerprint density at radius 1 is 0.321 bits per heavy atom. The van der Waals surface area contributed by atoms with Gasteiger partial charge in [0.1, 0.15) is 21.1 Å². The zero-order chi connectivity index (χ0) is 70.4. The third-order valence-electron chi connectivity index (χ3n) is 14.5. The molecule has 9 aromatic rings. The van der Waals surface area contributed by atoms with E-state index in [1.54, 1.807) is 50.6 Å². The first-order chi connectivity index (χ1) is 43.1. The normalized spacial score (nSPS) is 14.9. The topological polar surface area (TPSA) is 11.6 Å². The second kappa shape index (κ2) is 25.3. The van der Waals surface area contributed by atoms with Crippen LogP contribution in [-0.2, 0) is 40.3 Å². The highest BCUT2D eigenvalue weighted by atomic mass is 14.9. The summed E-state index contributed by atoms with van der Waals surface area (Å²) in [6.45, 7) is 23.2. The van der Waals surface area contributed by atoms with Crippen LogP contribution in [0.25, 0.3) is 67.2 Å². The molecule has 3 heteroatoms. The second-order valence-electron chi connectivity index (χ2n) is 25.4. The van der Waals surface area contributed by atoms with Gasteiger partial charge in [-0.2, -0.15) is 0 Å². The van der Waals surface area contributed by atoms with Gasteiger partial charge in [-0.15, -0.1) is 0 Å². The molecule has 81 heavy (non-hydrogen) atoms. The minimum Gasteiger partial charge on any atom is -0.201 e. The average Bonchev–Trinajstić information content (AvgIpc) is 0.756. The van der Waals surface area contributed by atoms with Crippen molar-refractivity contribution in [1.82, 2.24) is 0 Å². The summed E-state index contributed by atoms with van der Waals surface area (Å²) in [5.41, 5.74) is 19.3. The zero-order valence-corrected chi connectivity index (χ0v) is 51.6. The molecule has 3 aromatic heterocycles. The van der Waals surface area contributed by atoms with Crippen LogP contribution in [0.15, 0.2) is 164 Å². The lowest BCUT2D eigenvalue weighted by Crippen LogP contribution is -2.32. The smallest absolute Gasteiger partial charge is 0.201 e. The maximum atomic E-state index is 8.85. The molecule has 0 fully saturated rings. The first-order valence-corrected chi connectivity index (χ1v) is 28.3. The van der Waals surface area contributed by atoms with Gasteiger partial charge < -0.3 is 0 Å². The van der Waals surface area contributed by atoms with E-state index in [0.717, 1.165) is 39.9 Å². The summed E-state index contributed by atoms with van der Waals surface area (Å²) in [5, 5.41) is 0. The fraction of sp³-hybridized carbons (Fsp3) is 0.346. The summed E-state index contributed by atoms with van der Waals surface area (Å²) < 4.78 is 114. The van der Waals surface area contributed by atoms with E-state index >= 15 is 0 Å². The van der Waals surface area contributed by atoms with E-state index in [4.69, 9.17) is 17.8 Å². The van der Waals surface area contributed by atoms with E-state index in [1.807, 2.05) is 138 Å². The minimum absolute atomic E-state index is 0.0382. The molecule has 0 aliphatic heterocycles. The Morgan fingerprint density at radius 2 is 0.654 bits per heavy atom. The van der Waals surface area contributed by atoms with E-state index in [2.05, 4.69) is 108 Å². The molecular weight excluding hydrogens is 979 g/mol. The molecule has 0 saturated heterocycles. The fourth-order valence-electron chi connectivity index (χ4n) is 10.6. The molecule has 0 unspecified atom stereocenters. The molecule has 420 valence electrons. The van der Waals surface area contributed by atoms with Gasteiger partial charge in [-0.05, 0) is 199 Å². The molecule has 0 N–H and O–H groups in total. The third-order valence-corrected chi connectivity index (χ3v) is 14.5. The lowest BCUT2D eigenvalue weighted by molar-refractivity contribution is -0.661. The molecular formula is C78H96N3+3. The molecule has 0 aliphatic rings. The number of benzene rings is 6. The standard InChI is InChI=1S/3C26H32N/c1-18-14-25(27(7)17-22(18)16-26(4,5)6)24-15-23(19(2)13-20(24)3)21-11-9-8-10-12-21;2*1-18-13-19(2)24(15-23(18)21-11-9-8-10-12-21)25-14-22(16-26(4,5)6)20(3)17-27(25)7/h3*8-15,17H,16H2,1-7H3/q3*+1/i2D3,16D2;1D3,3D3,16D2;. The van der Waals surface area contributed by atoms with Gasteiger partial charge in [0, 0.05) is 69.4 Å². The Morgan fingerprint density at radius 3 is 1.05 bits per heavy atom. The van der Waals surface area contributed by atoms with Gasteiger partial charge in [-0.25, -0.2) is 13.7 Å². The van der Waals surface area contributed by atoms with Crippen molar-refractivity contribution >= 4 is 0 Å². The van der Waals surface area contributed by atoms with Crippen LogP contribution in [0.3, 0.4) is 0 Å². The molecule has 0 radical (unpaired) electrons. The quantitative estimate of drug-likeness (QED) is 0.128. The van der Waals surface area contributed by atoms with E-state index < -0.39 is 44.1 Å². The number of aryl methyl sites for hydroxylation is 12. The Kier molecular flexibility index (Phi) is 14.2. The number of aromatic nitrogens is 3. The Hall–Kier alpha value is -7.23. The molecule has 0 bridgehead atoms. The number of pyridine rings is 3. The monoisotopic (exact) mass is 1090 g/mol. The molecule has 0 spiro atoms. The number of rotatable bonds is 9. The van der Waals surface area contributed by atoms with Crippen LogP contribution in [0.4, 0.5) is 0 Å². The average molecular weight is 1090 g/mol. The maximum absolute atomic E-state index is 8.85. The van der Waals surface area contributed by atoms with Crippen LogP contribution in [0, 0.1) is 78.3 Å². The maximum Gasteiger partial charge on any atom is 0.212 e. The van der Waals surface area contributed by atoms with E-state index in [0.29, 0.717) is 39.1 Å². The molecule has 0 atom stereocenters. The summed E-state index contributed by atoms with van der Waals surface area (Å²) in [4.78, 5) is 0. The number of hydrogen-bond acceptors (Lipinski definition) is 0. The van der Waals surface area contributed by atoms with Crippen LogP contribution in [-0.4, -0.2) is 0 Å². The van der Waals surface area contributed by atoms with Crippen molar-refractivity contribution in [3.05, 3.63) is 231 Å².